The van der Waals surface area contributed by atoms with Crippen molar-refractivity contribution in [2.45, 2.75) is 124 Å². The maximum absolute atomic E-state index is 12.6. The Morgan fingerprint density at radius 2 is 1.12 bits per heavy atom. The number of benzene rings is 6. The summed E-state index contributed by atoms with van der Waals surface area (Å²) in [6.07, 6.45) is 1.94. The van der Waals surface area contributed by atoms with Gasteiger partial charge in [0.25, 0.3) is 0 Å². The van der Waals surface area contributed by atoms with Crippen molar-refractivity contribution >= 4 is 24.3 Å². The molecule has 0 fully saturated rings. The molecule has 0 aliphatic heterocycles. The van der Waals surface area contributed by atoms with Gasteiger partial charge in [-0.1, -0.05) is 204 Å². The minimum Gasteiger partial charge on any atom is -0.507 e. The number of para-hydroxylation sites is 1. The van der Waals surface area contributed by atoms with Crippen molar-refractivity contribution in [1.29, 1.82) is 0 Å². The van der Waals surface area contributed by atoms with Gasteiger partial charge in [0.2, 0.25) is 0 Å². The molecule has 348 valence electrons. The van der Waals surface area contributed by atoms with Gasteiger partial charge in [0.15, 0.2) is 0 Å². The number of hydrogen-bond acceptors (Lipinski definition) is 3. The third-order valence-corrected chi connectivity index (χ3v) is 15.1. The van der Waals surface area contributed by atoms with Crippen molar-refractivity contribution in [1.82, 2.24) is 14.5 Å². The van der Waals surface area contributed by atoms with Gasteiger partial charge in [-0.05, 0) is 79.8 Å². The van der Waals surface area contributed by atoms with Crippen LogP contribution in [0.3, 0.4) is 0 Å². The molecule has 2 heterocycles. The van der Waals surface area contributed by atoms with E-state index in [-0.39, 0.29) is 48.5 Å². The Morgan fingerprint density at radius 1 is 0.522 bits per heavy atom. The number of hydrogen-bond donors (Lipinski definition) is 1. The molecule has 6 heteroatoms. The molecule has 0 saturated carbocycles. The summed E-state index contributed by atoms with van der Waals surface area (Å²) in [7, 11) is -1.64. The van der Waals surface area contributed by atoms with E-state index in [9.17, 15) is 5.11 Å². The summed E-state index contributed by atoms with van der Waals surface area (Å²) < 4.78 is 2.29. The molecular weight excluding hydrogens is 1010 g/mol. The molecule has 0 atom stereocenters. The molecule has 8 rings (SSSR count). The normalized spacial score (nSPS) is 12.6. The van der Waals surface area contributed by atoms with Crippen LogP contribution in [0.25, 0.3) is 72.7 Å². The monoisotopic (exact) mass is 1080 g/mol. The van der Waals surface area contributed by atoms with Crippen LogP contribution >= 0.6 is 0 Å². The second kappa shape index (κ2) is 17.9. The zero-order chi connectivity index (χ0) is 47.7. The first-order chi connectivity index (χ1) is 30.8. The molecular formula is C61H68N3OPtSi-. The van der Waals surface area contributed by atoms with E-state index in [4.69, 9.17) is 9.97 Å². The molecule has 0 bridgehead atoms. The number of aromatic hydroxyl groups is 1. The van der Waals surface area contributed by atoms with Crippen LogP contribution in [0.15, 0.2) is 134 Å². The van der Waals surface area contributed by atoms with E-state index >= 15 is 0 Å². The smallest absolute Gasteiger partial charge is 0.148 e. The minimum atomic E-state index is -1.64. The Kier molecular flexibility index (Phi) is 13.3. The third-order valence-electron chi connectivity index (χ3n) is 13.0. The zero-order valence-electron chi connectivity index (χ0n) is 42.3. The molecule has 1 N–H and O–H groups in total. The average Bonchev–Trinajstić information content (AvgIpc) is 3.64. The van der Waals surface area contributed by atoms with E-state index in [0.717, 1.165) is 61.4 Å². The molecule has 8 aromatic rings. The van der Waals surface area contributed by atoms with Crippen molar-refractivity contribution in [3.63, 3.8) is 0 Å². The predicted octanol–water partition coefficient (Wildman–Crippen LogP) is 16.0. The van der Waals surface area contributed by atoms with Crippen LogP contribution in [0.4, 0.5) is 0 Å². The second-order valence-corrected chi connectivity index (χ2v) is 28.4. The first kappa shape index (κ1) is 49.5. The van der Waals surface area contributed by atoms with E-state index in [1.165, 1.54) is 27.4 Å². The van der Waals surface area contributed by atoms with Gasteiger partial charge < -0.3 is 5.11 Å². The van der Waals surface area contributed by atoms with Gasteiger partial charge in [0.05, 0.1) is 30.4 Å². The molecule has 0 spiro atoms. The molecule has 0 unspecified atom stereocenters. The Labute approximate surface area is 416 Å². The summed E-state index contributed by atoms with van der Waals surface area (Å²) in [5, 5.41) is 14.0. The van der Waals surface area contributed by atoms with E-state index in [0.29, 0.717) is 11.4 Å². The zero-order valence-corrected chi connectivity index (χ0v) is 45.6. The number of rotatable bonds is 7. The van der Waals surface area contributed by atoms with Crippen molar-refractivity contribution in [2.24, 2.45) is 0 Å². The average molecular weight is 1080 g/mol. The van der Waals surface area contributed by atoms with Crippen LogP contribution in [0, 0.1) is 6.07 Å². The first-order valence-electron chi connectivity index (χ1n) is 23.6. The van der Waals surface area contributed by atoms with E-state index in [1.54, 1.807) is 0 Å². The van der Waals surface area contributed by atoms with Gasteiger partial charge in [-0.25, -0.2) is 4.98 Å². The summed E-state index contributed by atoms with van der Waals surface area (Å²) in [5.74, 6) is 0.946. The number of nitrogens with zero attached hydrogens (tertiary/aromatic N) is 3. The van der Waals surface area contributed by atoms with Gasteiger partial charge in [-0.3, -0.25) is 9.55 Å². The van der Waals surface area contributed by atoms with Gasteiger partial charge in [-0.15, -0.1) is 29.3 Å². The summed E-state index contributed by atoms with van der Waals surface area (Å²) in [4.78, 5) is 10.7. The second-order valence-electron chi connectivity index (χ2n) is 23.4. The number of pyridine rings is 1. The summed E-state index contributed by atoms with van der Waals surface area (Å²) >= 11 is 0. The molecule has 0 saturated heterocycles. The molecule has 4 nitrogen and oxygen atoms in total. The number of phenols is 1. The minimum absolute atomic E-state index is 0. The van der Waals surface area contributed by atoms with Crippen LogP contribution in [-0.4, -0.2) is 27.7 Å². The largest absolute Gasteiger partial charge is 0.507 e. The SMILES string of the molecule is CC(C)(C)c1cc(-c2cc(-c3ccccc3[Si](C)(C)C)ccn2)[c-]c(-c2cccc3c2nc(-c2cc(C(C)(C)C)cc(C(C)(C)C)c2O)n3-c2ccc(C(C)(C)C)cc2-c2ccccc2)c1.[Pt]. The van der Waals surface area contributed by atoms with Gasteiger partial charge in [0.1, 0.15) is 11.6 Å². The van der Waals surface area contributed by atoms with Gasteiger partial charge in [0, 0.05) is 44.1 Å². The fourth-order valence-electron chi connectivity index (χ4n) is 9.02. The Bertz CT molecular complexity index is 3110. The maximum Gasteiger partial charge on any atom is 0.148 e. The summed E-state index contributed by atoms with van der Waals surface area (Å²) in [6.45, 7) is 34.0. The molecule has 0 radical (unpaired) electrons. The van der Waals surface area contributed by atoms with E-state index < -0.39 is 8.07 Å². The first-order valence-corrected chi connectivity index (χ1v) is 27.1. The number of fused-ring (bicyclic) bond motifs is 1. The van der Waals surface area contributed by atoms with Crippen LogP contribution < -0.4 is 5.19 Å². The quantitative estimate of drug-likeness (QED) is 0.128. The fraction of sp³-hybridized carbons (Fsp3) is 0.311. The van der Waals surface area contributed by atoms with Crippen LogP contribution in [0.5, 0.6) is 5.75 Å². The van der Waals surface area contributed by atoms with E-state index in [1.807, 2.05) is 6.20 Å². The molecule has 0 aliphatic rings. The molecule has 67 heavy (non-hydrogen) atoms. The summed E-state index contributed by atoms with van der Waals surface area (Å²) in [5.41, 5.74) is 15.6. The molecule has 0 aliphatic carbocycles. The van der Waals surface area contributed by atoms with Crippen molar-refractivity contribution in [3.8, 4) is 67.5 Å². The summed E-state index contributed by atoms with van der Waals surface area (Å²) in [6, 6.07) is 50.0. The number of aromatic nitrogens is 3. The molecule has 0 amide bonds. The topological polar surface area (TPSA) is 50.9 Å². The Hall–Kier alpha value is -5.35. The number of phenolic OH excluding ortho intramolecular Hbond substituents is 1. The van der Waals surface area contributed by atoms with Crippen LogP contribution in [0.1, 0.15) is 105 Å². The Morgan fingerprint density at radius 3 is 1.76 bits per heavy atom. The molecule has 6 aromatic carbocycles. The van der Waals surface area contributed by atoms with Crippen molar-refractivity contribution < 1.29 is 26.2 Å². The van der Waals surface area contributed by atoms with Crippen molar-refractivity contribution in [2.75, 3.05) is 0 Å². The standard InChI is InChI=1S/C61H68N3OSi.Pt/c1-58(2,3)43-28-29-52(48(36-43)39-22-17-16-18-23-39)64-53-26-21-25-47(55(53)63-57(64)49-37-45(60(7,8)9)38-50(56(49)65)61(10,11)12)41-32-42(34-44(33-41)59(4,5)6)51-35-40(30-31-62-51)46-24-19-20-27-54(46)66(13,14)15;/h16-31,33-38,65H,1-15H3;/q-1;. The fourth-order valence-corrected chi connectivity index (χ4v) is 10.6. The maximum atomic E-state index is 12.6. The Balaban J connectivity index is 0.00000666. The van der Waals surface area contributed by atoms with Crippen molar-refractivity contribution in [3.05, 3.63) is 162 Å². The van der Waals surface area contributed by atoms with E-state index in [2.05, 4.69) is 241 Å². The predicted molar refractivity (Wildman–Crippen MR) is 284 cm³/mol. The van der Waals surface area contributed by atoms with Crippen LogP contribution in [-0.2, 0) is 42.7 Å². The number of imidazole rings is 1. The third kappa shape index (κ3) is 9.97. The van der Waals surface area contributed by atoms with Gasteiger partial charge in [-0.2, -0.15) is 0 Å². The van der Waals surface area contributed by atoms with Gasteiger partial charge >= 0.3 is 0 Å². The molecule has 2 aromatic heterocycles. The van der Waals surface area contributed by atoms with Crippen LogP contribution in [0.2, 0.25) is 19.6 Å².